The minimum Gasteiger partial charge on any atom is -0.256 e. The summed E-state index contributed by atoms with van der Waals surface area (Å²) in [5, 5.41) is 1.39. The lowest BCUT2D eigenvalue weighted by Crippen LogP contribution is -2.43. The van der Waals surface area contributed by atoms with E-state index >= 15 is 0 Å². The van der Waals surface area contributed by atoms with E-state index in [0.29, 0.717) is 5.56 Å². The molecule has 0 aliphatic carbocycles. The van der Waals surface area contributed by atoms with Crippen LogP contribution >= 0.6 is 0 Å². The number of hydrogen-bond acceptors (Lipinski definition) is 1. The van der Waals surface area contributed by atoms with Crippen molar-refractivity contribution in [2.45, 2.75) is 52.7 Å². The molecule has 2 rings (SSSR count). The molecule has 0 spiro atoms. The van der Waals surface area contributed by atoms with E-state index in [0.717, 1.165) is 11.3 Å². The van der Waals surface area contributed by atoms with Gasteiger partial charge in [0.25, 0.3) is 0 Å². The summed E-state index contributed by atoms with van der Waals surface area (Å²) in [5.41, 5.74) is 3.61. The van der Waals surface area contributed by atoms with Gasteiger partial charge in [-0.05, 0) is 29.1 Å². The van der Waals surface area contributed by atoms with Crippen LogP contribution in [-0.4, -0.2) is 13.1 Å². The van der Waals surface area contributed by atoms with Gasteiger partial charge < -0.3 is 0 Å². The van der Waals surface area contributed by atoms with Crippen LogP contribution < -0.4 is 5.19 Å². The third-order valence-corrected chi connectivity index (χ3v) is 5.72. The van der Waals surface area contributed by atoms with Crippen LogP contribution in [0.1, 0.15) is 36.0 Å². The first-order valence-corrected chi connectivity index (χ1v) is 10.9. The van der Waals surface area contributed by atoms with E-state index in [-0.39, 0.29) is 5.41 Å². The van der Waals surface area contributed by atoms with E-state index in [4.69, 9.17) is 4.11 Å². The van der Waals surface area contributed by atoms with Crippen LogP contribution in [0.25, 0.3) is 11.3 Å². The standard InChI is InChI=1S/C19H27NSi/c1-14-8-10-15(11-9-14)17-12-16(19(2,3)4)18(13-20-17)21(5,6)7/h8-13H,1-7H3/i1D3. The average Bonchev–Trinajstić information content (AvgIpc) is 2.44. The van der Waals surface area contributed by atoms with Crippen molar-refractivity contribution >= 4 is 13.3 Å². The van der Waals surface area contributed by atoms with E-state index in [1.165, 1.54) is 10.8 Å². The van der Waals surface area contributed by atoms with Gasteiger partial charge in [-0.3, -0.25) is 4.98 Å². The van der Waals surface area contributed by atoms with Gasteiger partial charge in [0.1, 0.15) is 0 Å². The number of benzene rings is 1. The summed E-state index contributed by atoms with van der Waals surface area (Å²) in [6.45, 7) is 11.6. The van der Waals surface area contributed by atoms with Gasteiger partial charge >= 0.3 is 0 Å². The summed E-state index contributed by atoms with van der Waals surface area (Å²) in [4.78, 5) is 4.68. The highest BCUT2D eigenvalue weighted by Crippen LogP contribution is 2.27. The second kappa shape index (κ2) is 5.41. The smallest absolute Gasteiger partial charge is 0.0800 e. The second-order valence-corrected chi connectivity index (χ2v) is 12.7. The SMILES string of the molecule is [2H]C([2H])([2H])c1ccc(-c2cc(C(C)(C)C)c([Si](C)(C)C)cn2)cc1. The van der Waals surface area contributed by atoms with E-state index in [2.05, 4.69) is 51.5 Å². The van der Waals surface area contributed by atoms with Crippen molar-refractivity contribution in [3.63, 3.8) is 0 Å². The van der Waals surface area contributed by atoms with Crippen molar-refractivity contribution in [2.75, 3.05) is 0 Å². The highest BCUT2D eigenvalue weighted by molar-refractivity contribution is 6.89. The molecule has 0 aliphatic heterocycles. The number of rotatable bonds is 2. The minimum atomic E-state index is -2.07. The van der Waals surface area contributed by atoms with Gasteiger partial charge in [0, 0.05) is 15.9 Å². The second-order valence-electron chi connectivity index (χ2n) is 7.69. The normalized spacial score (nSPS) is 15.2. The first-order valence-electron chi connectivity index (χ1n) is 8.92. The molecule has 112 valence electrons. The van der Waals surface area contributed by atoms with Gasteiger partial charge in [-0.2, -0.15) is 0 Å². The molecule has 0 atom stereocenters. The fourth-order valence-corrected chi connectivity index (χ4v) is 4.18. The lowest BCUT2D eigenvalue weighted by Gasteiger charge is -2.29. The van der Waals surface area contributed by atoms with Crippen molar-refractivity contribution in [3.8, 4) is 11.3 Å². The zero-order valence-corrected chi connectivity index (χ0v) is 14.9. The Bertz CT molecular complexity index is 720. The molecule has 0 saturated heterocycles. The summed E-state index contributed by atoms with van der Waals surface area (Å²) >= 11 is 0. The summed E-state index contributed by atoms with van der Waals surface area (Å²) in [6, 6.07) is 9.23. The predicted octanol–water partition coefficient (Wildman–Crippen LogP) is 4.90. The van der Waals surface area contributed by atoms with E-state index in [1.807, 2.05) is 18.3 Å². The molecule has 1 heterocycles. The van der Waals surface area contributed by atoms with Gasteiger partial charge in [-0.25, -0.2) is 0 Å². The molecule has 0 aliphatic rings. The summed E-state index contributed by atoms with van der Waals surface area (Å²) < 4.78 is 22.4. The highest BCUT2D eigenvalue weighted by Gasteiger charge is 2.27. The Morgan fingerprint density at radius 2 is 1.67 bits per heavy atom. The van der Waals surface area contributed by atoms with Crippen LogP contribution in [-0.2, 0) is 5.41 Å². The van der Waals surface area contributed by atoms with Crippen LogP contribution in [0.3, 0.4) is 0 Å². The third kappa shape index (κ3) is 3.62. The molecule has 0 amide bonds. The highest BCUT2D eigenvalue weighted by atomic mass is 28.3. The van der Waals surface area contributed by atoms with Crippen LogP contribution in [0.4, 0.5) is 0 Å². The van der Waals surface area contributed by atoms with Gasteiger partial charge in [-0.15, -0.1) is 0 Å². The fraction of sp³-hybridized carbons (Fsp3) is 0.421. The Labute approximate surface area is 134 Å². The zero-order valence-electron chi connectivity index (χ0n) is 16.9. The molecule has 0 unspecified atom stereocenters. The van der Waals surface area contributed by atoms with Gasteiger partial charge in [0.2, 0.25) is 0 Å². The maximum Gasteiger partial charge on any atom is 0.0800 e. The Hall–Kier alpha value is -1.41. The lowest BCUT2D eigenvalue weighted by molar-refractivity contribution is 0.593. The number of hydrogen-bond donors (Lipinski definition) is 0. The van der Waals surface area contributed by atoms with Crippen molar-refractivity contribution in [2.24, 2.45) is 0 Å². The van der Waals surface area contributed by atoms with Crippen molar-refractivity contribution in [1.29, 1.82) is 0 Å². The van der Waals surface area contributed by atoms with Crippen LogP contribution in [0.2, 0.25) is 19.6 Å². The van der Waals surface area contributed by atoms with E-state index in [9.17, 15) is 0 Å². The van der Waals surface area contributed by atoms with Crippen LogP contribution in [0.5, 0.6) is 0 Å². The number of nitrogens with zero attached hydrogens (tertiary/aromatic N) is 1. The predicted molar refractivity (Wildman–Crippen MR) is 96.1 cm³/mol. The van der Waals surface area contributed by atoms with Crippen molar-refractivity contribution in [3.05, 3.63) is 47.7 Å². The van der Waals surface area contributed by atoms with Crippen molar-refractivity contribution in [1.82, 2.24) is 4.98 Å². The summed E-state index contributed by atoms with van der Waals surface area (Å²) in [7, 11) is -1.48. The molecule has 1 nitrogen and oxygen atoms in total. The maximum atomic E-state index is 7.48. The average molecular weight is 301 g/mol. The topological polar surface area (TPSA) is 12.9 Å². The fourth-order valence-electron chi connectivity index (χ4n) is 2.47. The molecule has 0 saturated carbocycles. The van der Waals surface area contributed by atoms with Crippen LogP contribution in [0, 0.1) is 6.85 Å². The first-order chi connectivity index (χ1) is 10.8. The molecule has 0 radical (unpaired) electrons. The molecule has 0 bridgehead atoms. The number of aryl methyl sites for hydroxylation is 1. The quantitative estimate of drug-likeness (QED) is 0.719. The van der Waals surface area contributed by atoms with Crippen LogP contribution in [0.15, 0.2) is 36.5 Å². The summed E-state index contributed by atoms with van der Waals surface area (Å²) in [5.74, 6) is 0. The third-order valence-electron chi connectivity index (χ3n) is 3.70. The largest absolute Gasteiger partial charge is 0.256 e. The van der Waals surface area contributed by atoms with E-state index < -0.39 is 14.9 Å². The van der Waals surface area contributed by atoms with E-state index in [1.54, 1.807) is 12.1 Å². The monoisotopic (exact) mass is 300 g/mol. The van der Waals surface area contributed by atoms with Gasteiger partial charge in [-0.1, -0.05) is 70.2 Å². The number of pyridine rings is 1. The molecule has 0 N–H and O–H groups in total. The first kappa shape index (κ1) is 12.2. The minimum absolute atomic E-state index is 0.0476. The Kier molecular flexibility index (Phi) is 3.14. The van der Waals surface area contributed by atoms with Gasteiger partial charge in [0.15, 0.2) is 0 Å². The lowest BCUT2D eigenvalue weighted by atomic mass is 9.86. The maximum absolute atomic E-state index is 7.48. The Balaban J connectivity index is 2.53. The molecule has 21 heavy (non-hydrogen) atoms. The molecular formula is C19H27NSi. The zero-order chi connectivity index (χ0) is 18.3. The van der Waals surface area contributed by atoms with Crippen molar-refractivity contribution < 1.29 is 4.11 Å². The molecule has 0 fully saturated rings. The molecule has 1 aromatic carbocycles. The number of aromatic nitrogens is 1. The summed E-state index contributed by atoms with van der Waals surface area (Å²) in [6.07, 6.45) is 2.03. The Morgan fingerprint density at radius 3 is 2.14 bits per heavy atom. The molecular weight excluding hydrogens is 270 g/mol. The van der Waals surface area contributed by atoms with Gasteiger partial charge in [0.05, 0.1) is 13.8 Å². The molecule has 2 aromatic rings. The Morgan fingerprint density at radius 1 is 1.05 bits per heavy atom. The molecule has 2 heteroatoms. The molecule has 1 aromatic heterocycles.